The lowest BCUT2D eigenvalue weighted by molar-refractivity contribution is 0.140. The third-order valence-corrected chi connectivity index (χ3v) is 4.40. The molecule has 2 aromatic heterocycles. The number of nitrogens with zero attached hydrogens (tertiary/aromatic N) is 6. The molecule has 2 aromatic rings. The molecule has 6 heteroatoms. The molecule has 0 fully saturated rings. The van der Waals surface area contributed by atoms with Crippen LogP contribution in [0.5, 0.6) is 0 Å². The molecule has 3 rings (SSSR count). The monoisotopic (exact) mass is 302 g/mol. The van der Waals surface area contributed by atoms with E-state index in [1.54, 1.807) is 0 Å². The molecule has 0 amide bonds. The number of aryl methyl sites for hydroxylation is 3. The fourth-order valence-electron chi connectivity index (χ4n) is 3.32. The minimum atomic E-state index is 0.534. The van der Waals surface area contributed by atoms with Gasteiger partial charge in [0.05, 0.1) is 17.1 Å². The van der Waals surface area contributed by atoms with Gasteiger partial charge in [-0.2, -0.15) is 10.2 Å². The summed E-state index contributed by atoms with van der Waals surface area (Å²) >= 11 is 0. The van der Waals surface area contributed by atoms with Crippen molar-refractivity contribution in [3.8, 4) is 0 Å². The van der Waals surface area contributed by atoms with Crippen LogP contribution in [0.1, 0.15) is 23.5 Å². The van der Waals surface area contributed by atoms with Crippen molar-refractivity contribution in [1.29, 1.82) is 0 Å². The first-order valence-corrected chi connectivity index (χ1v) is 7.92. The Kier molecular flexibility index (Phi) is 4.31. The van der Waals surface area contributed by atoms with E-state index in [2.05, 4.69) is 57.8 Å². The van der Waals surface area contributed by atoms with E-state index >= 15 is 0 Å². The molecule has 0 unspecified atom stereocenters. The highest BCUT2D eigenvalue weighted by Crippen LogP contribution is 2.20. The van der Waals surface area contributed by atoms with Crippen molar-refractivity contribution in [3.05, 3.63) is 35.4 Å². The number of aromatic nitrogens is 4. The van der Waals surface area contributed by atoms with Crippen LogP contribution in [-0.2, 0) is 26.7 Å². The van der Waals surface area contributed by atoms with E-state index < -0.39 is 0 Å². The van der Waals surface area contributed by atoms with E-state index in [1.165, 1.54) is 11.4 Å². The highest BCUT2D eigenvalue weighted by Gasteiger charge is 2.25. The Morgan fingerprint density at radius 2 is 2.18 bits per heavy atom. The van der Waals surface area contributed by atoms with Crippen LogP contribution in [0.3, 0.4) is 0 Å². The molecule has 1 aliphatic heterocycles. The maximum absolute atomic E-state index is 4.48. The Morgan fingerprint density at radius 1 is 1.36 bits per heavy atom. The van der Waals surface area contributed by atoms with Crippen molar-refractivity contribution in [3.63, 3.8) is 0 Å². The predicted molar refractivity (Wildman–Crippen MR) is 86.4 cm³/mol. The van der Waals surface area contributed by atoms with Gasteiger partial charge in [0.2, 0.25) is 0 Å². The quantitative estimate of drug-likeness (QED) is 0.853. The van der Waals surface area contributed by atoms with Gasteiger partial charge in [-0.05, 0) is 39.6 Å². The third-order valence-electron chi connectivity index (χ3n) is 4.40. The second-order valence-electron chi connectivity index (χ2n) is 6.56. The Hall–Kier alpha value is -1.66. The molecule has 120 valence electrons. The standard InChI is InChI=1S/C16H26N6/c1-13-9-16(20(4)18-13)12-21-11-15-5-7-17-22(15)8-6-14(21)10-19(2)3/h5,7,9,14H,6,8,10-12H2,1-4H3/t14-/m1/s1. The molecular formula is C16H26N6. The van der Waals surface area contributed by atoms with Crippen molar-refractivity contribution in [2.75, 3.05) is 20.6 Å². The second kappa shape index (κ2) is 6.22. The fraction of sp³-hybridized carbons (Fsp3) is 0.625. The van der Waals surface area contributed by atoms with Crippen molar-refractivity contribution >= 4 is 0 Å². The first kappa shape index (κ1) is 15.2. The maximum Gasteiger partial charge on any atom is 0.0597 e. The largest absolute Gasteiger partial charge is 0.308 e. The van der Waals surface area contributed by atoms with Crippen molar-refractivity contribution in [2.24, 2.45) is 7.05 Å². The van der Waals surface area contributed by atoms with Gasteiger partial charge in [-0.1, -0.05) is 0 Å². The number of rotatable bonds is 4. The number of fused-ring (bicyclic) bond motifs is 1. The van der Waals surface area contributed by atoms with Gasteiger partial charge in [-0.15, -0.1) is 0 Å². The summed E-state index contributed by atoms with van der Waals surface area (Å²) in [4.78, 5) is 4.84. The molecule has 0 aliphatic carbocycles. The topological polar surface area (TPSA) is 42.1 Å². The lowest BCUT2D eigenvalue weighted by Crippen LogP contribution is -2.41. The van der Waals surface area contributed by atoms with Crippen LogP contribution in [0.2, 0.25) is 0 Å². The van der Waals surface area contributed by atoms with Crippen LogP contribution in [0, 0.1) is 6.92 Å². The van der Waals surface area contributed by atoms with E-state index in [9.17, 15) is 0 Å². The van der Waals surface area contributed by atoms with Gasteiger partial charge in [0.1, 0.15) is 0 Å². The molecule has 0 radical (unpaired) electrons. The zero-order valence-corrected chi connectivity index (χ0v) is 14.0. The molecule has 22 heavy (non-hydrogen) atoms. The molecular weight excluding hydrogens is 276 g/mol. The van der Waals surface area contributed by atoms with Gasteiger partial charge >= 0.3 is 0 Å². The molecule has 0 aromatic carbocycles. The molecule has 3 heterocycles. The summed E-state index contributed by atoms with van der Waals surface area (Å²) in [5, 5.41) is 8.93. The fourth-order valence-corrected chi connectivity index (χ4v) is 3.32. The first-order chi connectivity index (χ1) is 10.5. The van der Waals surface area contributed by atoms with Gasteiger partial charge in [0, 0.05) is 45.5 Å². The maximum atomic E-state index is 4.48. The Morgan fingerprint density at radius 3 is 2.86 bits per heavy atom. The van der Waals surface area contributed by atoms with Crippen molar-refractivity contribution in [1.82, 2.24) is 29.4 Å². The molecule has 0 saturated carbocycles. The molecule has 1 atom stereocenters. The summed E-state index contributed by atoms with van der Waals surface area (Å²) in [6, 6.07) is 4.86. The summed E-state index contributed by atoms with van der Waals surface area (Å²) in [6.07, 6.45) is 3.04. The van der Waals surface area contributed by atoms with Gasteiger partial charge < -0.3 is 4.90 Å². The van der Waals surface area contributed by atoms with Crippen LogP contribution in [0.25, 0.3) is 0 Å². The lowest BCUT2D eigenvalue weighted by Gasteiger charge is -2.31. The highest BCUT2D eigenvalue weighted by molar-refractivity contribution is 5.10. The predicted octanol–water partition coefficient (Wildman–Crippen LogP) is 1.26. The summed E-state index contributed by atoms with van der Waals surface area (Å²) in [5.41, 5.74) is 3.66. The van der Waals surface area contributed by atoms with Gasteiger partial charge in [-0.3, -0.25) is 14.3 Å². The van der Waals surface area contributed by atoms with E-state index in [-0.39, 0.29) is 0 Å². The van der Waals surface area contributed by atoms with E-state index in [1.807, 2.05) is 17.9 Å². The first-order valence-electron chi connectivity index (χ1n) is 7.92. The van der Waals surface area contributed by atoms with Crippen LogP contribution in [0.4, 0.5) is 0 Å². The van der Waals surface area contributed by atoms with Gasteiger partial charge in [0.15, 0.2) is 0 Å². The minimum Gasteiger partial charge on any atom is -0.308 e. The molecule has 1 aliphatic rings. The van der Waals surface area contributed by atoms with Crippen LogP contribution < -0.4 is 0 Å². The zero-order valence-electron chi connectivity index (χ0n) is 14.0. The van der Waals surface area contributed by atoms with E-state index in [0.29, 0.717) is 6.04 Å². The summed E-state index contributed by atoms with van der Waals surface area (Å²) < 4.78 is 4.15. The molecule has 0 spiro atoms. The average molecular weight is 302 g/mol. The smallest absolute Gasteiger partial charge is 0.0597 e. The Labute approximate surface area is 132 Å². The van der Waals surface area contributed by atoms with E-state index in [4.69, 9.17) is 0 Å². The molecule has 0 N–H and O–H groups in total. The number of likely N-dealkylation sites (N-methyl/N-ethyl adjacent to an activating group) is 1. The molecule has 0 saturated heterocycles. The zero-order chi connectivity index (χ0) is 15.7. The molecule has 6 nitrogen and oxygen atoms in total. The number of hydrogen-bond donors (Lipinski definition) is 0. The summed E-state index contributed by atoms with van der Waals surface area (Å²) in [6.45, 7) is 6.01. The normalized spacial score (nSPS) is 19.4. The van der Waals surface area contributed by atoms with Crippen LogP contribution >= 0.6 is 0 Å². The highest BCUT2D eigenvalue weighted by atomic mass is 15.3. The minimum absolute atomic E-state index is 0.534. The van der Waals surface area contributed by atoms with E-state index in [0.717, 1.165) is 38.3 Å². The summed E-state index contributed by atoms with van der Waals surface area (Å²) in [5.74, 6) is 0. The van der Waals surface area contributed by atoms with Crippen molar-refractivity contribution < 1.29 is 0 Å². The Bertz CT molecular complexity index is 626. The average Bonchev–Trinajstić information content (AvgIpc) is 2.96. The van der Waals surface area contributed by atoms with Crippen LogP contribution in [0.15, 0.2) is 18.3 Å². The SMILES string of the molecule is Cc1cc(CN2Cc3ccnn3CC[C@@H]2CN(C)C)n(C)n1. The lowest BCUT2D eigenvalue weighted by atomic mass is 10.1. The van der Waals surface area contributed by atoms with Crippen molar-refractivity contribution in [2.45, 2.75) is 39.0 Å². The second-order valence-corrected chi connectivity index (χ2v) is 6.56. The third kappa shape index (κ3) is 3.23. The van der Waals surface area contributed by atoms with Crippen LogP contribution in [-0.4, -0.2) is 56.0 Å². The summed E-state index contributed by atoms with van der Waals surface area (Å²) in [7, 11) is 6.33. The van der Waals surface area contributed by atoms with Gasteiger partial charge in [0.25, 0.3) is 0 Å². The van der Waals surface area contributed by atoms with Gasteiger partial charge in [-0.25, -0.2) is 0 Å². The number of hydrogen-bond acceptors (Lipinski definition) is 4. The molecule has 0 bridgehead atoms. The Balaban J connectivity index is 1.83.